The molecule has 10 aromatic rings. The Hall–Kier alpha value is -6.65. The Kier molecular flexibility index (Phi) is 6.15. The second kappa shape index (κ2) is 11.0. The zero-order valence-corrected chi connectivity index (χ0v) is 26.3. The molecule has 4 heteroatoms. The molecule has 49 heavy (non-hydrogen) atoms. The molecule has 0 spiro atoms. The SMILES string of the molecule is c1ccc(-c2nc(-c3ccccc3)nc(-c3cccc4oc5c(-c6cc7ccccc7c7ccc8ccccc8c67)cccc5c34)n2)cc1. The molecular weight excluding hydrogens is 599 g/mol. The van der Waals surface area contributed by atoms with Crippen LogP contribution in [0.2, 0.25) is 0 Å². The summed E-state index contributed by atoms with van der Waals surface area (Å²) in [6.45, 7) is 0. The van der Waals surface area contributed by atoms with Crippen LogP contribution in [0.1, 0.15) is 0 Å². The van der Waals surface area contributed by atoms with Crippen LogP contribution in [0, 0.1) is 0 Å². The summed E-state index contributed by atoms with van der Waals surface area (Å²) in [6, 6.07) is 56.8. The summed E-state index contributed by atoms with van der Waals surface area (Å²) in [4.78, 5) is 15.0. The minimum absolute atomic E-state index is 0.605. The van der Waals surface area contributed by atoms with Crippen LogP contribution in [0.4, 0.5) is 0 Å². The Morgan fingerprint density at radius 2 is 0.939 bits per heavy atom. The number of benzene rings is 8. The van der Waals surface area contributed by atoms with E-state index in [2.05, 4.69) is 91.0 Å². The van der Waals surface area contributed by atoms with Crippen molar-refractivity contribution >= 4 is 54.3 Å². The van der Waals surface area contributed by atoms with E-state index < -0.39 is 0 Å². The third-order valence-electron chi connectivity index (χ3n) is 9.50. The maximum Gasteiger partial charge on any atom is 0.164 e. The molecule has 0 radical (unpaired) electrons. The molecule has 0 bridgehead atoms. The van der Waals surface area contributed by atoms with Gasteiger partial charge in [-0.1, -0.05) is 152 Å². The number of hydrogen-bond acceptors (Lipinski definition) is 4. The van der Waals surface area contributed by atoms with Crippen molar-refractivity contribution in [3.8, 4) is 45.3 Å². The molecule has 0 unspecified atom stereocenters. The van der Waals surface area contributed by atoms with Crippen molar-refractivity contribution in [3.63, 3.8) is 0 Å². The lowest BCUT2D eigenvalue weighted by molar-refractivity contribution is 0.670. The summed E-state index contributed by atoms with van der Waals surface area (Å²) in [5.41, 5.74) is 6.61. The first-order chi connectivity index (χ1) is 24.3. The first kappa shape index (κ1) is 27.5. The maximum atomic E-state index is 6.83. The van der Waals surface area contributed by atoms with Crippen LogP contribution in [0.3, 0.4) is 0 Å². The number of para-hydroxylation sites is 1. The van der Waals surface area contributed by atoms with Gasteiger partial charge in [0.1, 0.15) is 11.2 Å². The minimum Gasteiger partial charge on any atom is -0.455 e. The van der Waals surface area contributed by atoms with E-state index in [9.17, 15) is 0 Å². The van der Waals surface area contributed by atoms with Crippen molar-refractivity contribution in [1.82, 2.24) is 15.0 Å². The Labute approximate surface area is 282 Å². The molecule has 0 aliphatic rings. The number of rotatable bonds is 4. The van der Waals surface area contributed by atoms with Gasteiger partial charge in [0.2, 0.25) is 0 Å². The zero-order valence-electron chi connectivity index (χ0n) is 26.3. The second-order valence-electron chi connectivity index (χ2n) is 12.4. The van der Waals surface area contributed by atoms with E-state index in [0.717, 1.165) is 49.8 Å². The number of hydrogen-bond donors (Lipinski definition) is 0. The van der Waals surface area contributed by atoms with E-state index in [0.29, 0.717) is 17.5 Å². The number of fused-ring (bicyclic) bond motifs is 8. The summed E-state index contributed by atoms with van der Waals surface area (Å²) in [5, 5.41) is 9.33. The molecule has 8 aromatic carbocycles. The van der Waals surface area contributed by atoms with E-state index in [1.165, 1.54) is 32.3 Å². The standard InChI is InChI=1S/C45H27N3O/c1-3-14-29(15-4-1)43-46-44(30-16-5-2-6-17-30)48-45(47-43)37-23-12-24-39-41(37)36-22-11-21-35(42(36)49-39)38-27-31-18-8-9-19-32(31)34-26-25-28-13-7-10-20-33(28)40(34)38/h1-27H. The van der Waals surface area contributed by atoms with Crippen molar-refractivity contribution in [2.24, 2.45) is 0 Å². The van der Waals surface area contributed by atoms with Crippen LogP contribution in [-0.2, 0) is 0 Å². The molecule has 10 rings (SSSR count). The van der Waals surface area contributed by atoms with Crippen LogP contribution < -0.4 is 0 Å². The van der Waals surface area contributed by atoms with Crippen molar-refractivity contribution < 1.29 is 4.42 Å². The van der Waals surface area contributed by atoms with Gasteiger partial charge in [0.25, 0.3) is 0 Å². The Morgan fingerprint density at radius 3 is 1.69 bits per heavy atom. The van der Waals surface area contributed by atoms with Crippen LogP contribution >= 0.6 is 0 Å². The molecule has 0 saturated carbocycles. The van der Waals surface area contributed by atoms with Gasteiger partial charge in [0.05, 0.1) is 0 Å². The fraction of sp³-hybridized carbons (Fsp3) is 0. The molecule has 0 saturated heterocycles. The fourth-order valence-corrected chi connectivity index (χ4v) is 7.27. The quantitative estimate of drug-likeness (QED) is 0.183. The van der Waals surface area contributed by atoms with Crippen molar-refractivity contribution in [1.29, 1.82) is 0 Å². The van der Waals surface area contributed by atoms with Crippen LogP contribution in [0.25, 0.3) is 99.5 Å². The summed E-state index contributed by atoms with van der Waals surface area (Å²) in [6.07, 6.45) is 0. The zero-order chi connectivity index (χ0) is 32.3. The Bertz CT molecular complexity index is 2820. The van der Waals surface area contributed by atoms with Gasteiger partial charge >= 0.3 is 0 Å². The third kappa shape index (κ3) is 4.42. The maximum absolute atomic E-state index is 6.83. The van der Waals surface area contributed by atoms with Gasteiger partial charge in [0, 0.05) is 33.0 Å². The van der Waals surface area contributed by atoms with Crippen molar-refractivity contribution in [2.75, 3.05) is 0 Å². The highest BCUT2D eigenvalue weighted by molar-refractivity contribution is 6.25. The number of aromatic nitrogens is 3. The normalized spacial score (nSPS) is 11.7. The summed E-state index contributed by atoms with van der Waals surface area (Å²) in [7, 11) is 0. The van der Waals surface area contributed by atoms with Crippen molar-refractivity contribution in [3.05, 3.63) is 164 Å². The third-order valence-corrected chi connectivity index (χ3v) is 9.50. The van der Waals surface area contributed by atoms with Gasteiger partial charge in [-0.25, -0.2) is 15.0 Å². The molecule has 4 nitrogen and oxygen atoms in total. The molecule has 0 aliphatic carbocycles. The highest BCUT2D eigenvalue weighted by Gasteiger charge is 2.21. The highest BCUT2D eigenvalue weighted by Crippen LogP contribution is 2.44. The topological polar surface area (TPSA) is 51.8 Å². The largest absolute Gasteiger partial charge is 0.455 e. The molecule has 228 valence electrons. The molecule has 2 heterocycles. The monoisotopic (exact) mass is 625 g/mol. The lowest BCUT2D eigenvalue weighted by atomic mass is 9.89. The van der Waals surface area contributed by atoms with E-state index in [-0.39, 0.29) is 0 Å². The summed E-state index contributed by atoms with van der Waals surface area (Å²) >= 11 is 0. The Balaban J connectivity index is 1.26. The van der Waals surface area contributed by atoms with Gasteiger partial charge in [-0.05, 0) is 50.0 Å². The predicted octanol–water partition coefficient (Wildman–Crippen LogP) is 11.9. The first-order valence-electron chi connectivity index (χ1n) is 16.5. The molecule has 0 N–H and O–H groups in total. The minimum atomic E-state index is 0.605. The predicted molar refractivity (Wildman–Crippen MR) is 201 cm³/mol. The summed E-state index contributed by atoms with van der Waals surface area (Å²) < 4.78 is 6.83. The average Bonchev–Trinajstić information content (AvgIpc) is 3.57. The van der Waals surface area contributed by atoms with E-state index in [4.69, 9.17) is 19.4 Å². The molecule has 0 atom stereocenters. The van der Waals surface area contributed by atoms with Crippen LogP contribution in [0.15, 0.2) is 168 Å². The fourth-order valence-electron chi connectivity index (χ4n) is 7.27. The highest BCUT2D eigenvalue weighted by atomic mass is 16.3. The lowest BCUT2D eigenvalue weighted by Crippen LogP contribution is -2.00. The molecule has 0 fully saturated rings. The Morgan fingerprint density at radius 1 is 0.347 bits per heavy atom. The smallest absolute Gasteiger partial charge is 0.164 e. The summed E-state index contributed by atoms with van der Waals surface area (Å²) in [5.74, 6) is 1.86. The van der Waals surface area contributed by atoms with Crippen LogP contribution in [-0.4, -0.2) is 15.0 Å². The van der Waals surface area contributed by atoms with Gasteiger partial charge in [-0.3, -0.25) is 0 Å². The van der Waals surface area contributed by atoms with E-state index in [1.807, 2.05) is 72.8 Å². The molecule has 0 amide bonds. The molecule has 2 aromatic heterocycles. The van der Waals surface area contributed by atoms with Crippen molar-refractivity contribution in [2.45, 2.75) is 0 Å². The van der Waals surface area contributed by atoms with E-state index >= 15 is 0 Å². The van der Waals surface area contributed by atoms with Gasteiger partial charge in [0.15, 0.2) is 17.5 Å². The number of nitrogens with zero attached hydrogens (tertiary/aromatic N) is 3. The van der Waals surface area contributed by atoms with Gasteiger partial charge in [-0.15, -0.1) is 0 Å². The second-order valence-corrected chi connectivity index (χ2v) is 12.4. The first-order valence-corrected chi connectivity index (χ1v) is 16.5. The van der Waals surface area contributed by atoms with E-state index in [1.54, 1.807) is 0 Å². The lowest BCUT2D eigenvalue weighted by Gasteiger charge is -2.14. The van der Waals surface area contributed by atoms with Gasteiger partial charge < -0.3 is 4.42 Å². The molecule has 0 aliphatic heterocycles. The molecular formula is C45H27N3O. The average molecular weight is 626 g/mol. The number of furan rings is 1. The van der Waals surface area contributed by atoms with Gasteiger partial charge in [-0.2, -0.15) is 0 Å². The van der Waals surface area contributed by atoms with Crippen LogP contribution in [0.5, 0.6) is 0 Å².